The van der Waals surface area contributed by atoms with Gasteiger partial charge in [-0.1, -0.05) is 88.4 Å². The SMILES string of the molecule is CCCCCCCCc1cccc(OCCCCOC(=O)C(CCC)[N+](C)(C)Cc2ccccc2)c1. The van der Waals surface area contributed by atoms with Gasteiger partial charge >= 0.3 is 5.97 Å². The highest BCUT2D eigenvalue weighted by Gasteiger charge is 2.35. The third-order valence-corrected chi connectivity index (χ3v) is 6.88. The van der Waals surface area contributed by atoms with Crippen LogP contribution in [0, 0.1) is 0 Å². The lowest BCUT2D eigenvalue weighted by molar-refractivity contribution is -0.920. The monoisotopic (exact) mass is 496 g/mol. The largest absolute Gasteiger partial charge is 0.494 e. The number of ether oxygens (including phenoxy) is 2. The first-order valence-corrected chi connectivity index (χ1v) is 14.2. The minimum Gasteiger partial charge on any atom is -0.494 e. The fraction of sp³-hybridized carbons (Fsp3) is 0.594. The molecule has 0 aromatic heterocycles. The van der Waals surface area contributed by atoms with Gasteiger partial charge in [0.2, 0.25) is 0 Å². The molecule has 4 nitrogen and oxygen atoms in total. The molecule has 2 aromatic carbocycles. The Labute approximate surface area is 220 Å². The van der Waals surface area contributed by atoms with Crippen LogP contribution in [0.2, 0.25) is 0 Å². The number of carbonyl (C=O) groups excluding carboxylic acids is 1. The number of rotatable bonds is 19. The average molecular weight is 497 g/mol. The summed E-state index contributed by atoms with van der Waals surface area (Å²) in [6.45, 7) is 6.29. The predicted octanol–water partition coefficient (Wildman–Crippen LogP) is 7.74. The maximum atomic E-state index is 13.0. The molecule has 0 amide bonds. The number of esters is 1. The number of hydrogen-bond acceptors (Lipinski definition) is 3. The van der Waals surface area contributed by atoms with E-state index in [1.165, 1.54) is 49.7 Å². The maximum absolute atomic E-state index is 13.0. The molecule has 1 atom stereocenters. The van der Waals surface area contributed by atoms with Gasteiger partial charge in [0.25, 0.3) is 0 Å². The molecule has 0 spiro atoms. The number of nitrogens with zero attached hydrogens (tertiary/aromatic N) is 1. The van der Waals surface area contributed by atoms with Crippen molar-refractivity contribution in [3.63, 3.8) is 0 Å². The normalized spacial score (nSPS) is 12.3. The van der Waals surface area contributed by atoms with E-state index in [1.807, 2.05) is 12.1 Å². The van der Waals surface area contributed by atoms with Crippen molar-refractivity contribution in [3.8, 4) is 5.75 Å². The highest BCUT2D eigenvalue weighted by Crippen LogP contribution is 2.20. The summed E-state index contributed by atoms with van der Waals surface area (Å²) in [5.41, 5.74) is 2.60. The molecule has 0 aliphatic rings. The molecule has 0 aliphatic carbocycles. The third-order valence-electron chi connectivity index (χ3n) is 6.88. The molecule has 0 aliphatic heterocycles. The quantitative estimate of drug-likeness (QED) is 0.113. The van der Waals surface area contributed by atoms with Gasteiger partial charge in [-0.05, 0) is 49.8 Å². The molecule has 1 unspecified atom stereocenters. The summed E-state index contributed by atoms with van der Waals surface area (Å²) in [4.78, 5) is 13.0. The lowest BCUT2D eigenvalue weighted by Crippen LogP contribution is -2.52. The molecule has 36 heavy (non-hydrogen) atoms. The van der Waals surface area contributed by atoms with Gasteiger partial charge in [0.1, 0.15) is 12.3 Å². The minimum atomic E-state index is -0.152. The average Bonchev–Trinajstić information content (AvgIpc) is 2.87. The standard InChI is InChI=1S/C32H50NO3/c1-5-7-8-9-10-12-19-28-22-17-23-30(26-28)35-24-15-16-25-36-32(34)31(18-6-2)33(3,4)27-29-20-13-11-14-21-29/h11,13-14,17,20-23,26,31H,5-10,12,15-16,18-19,24-25,27H2,1-4H3/q+1. The van der Waals surface area contributed by atoms with E-state index in [0.717, 1.165) is 44.4 Å². The molecular weight excluding hydrogens is 446 g/mol. The van der Waals surface area contributed by atoms with Crippen molar-refractivity contribution in [1.29, 1.82) is 0 Å². The van der Waals surface area contributed by atoms with E-state index in [9.17, 15) is 4.79 Å². The van der Waals surface area contributed by atoms with E-state index >= 15 is 0 Å². The van der Waals surface area contributed by atoms with Crippen molar-refractivity contribution in [1.82, 2.24) is 0 Å². The summed E-state index contributed by atoms with van der Waals surface area (Å²) >= 11 is 0. The molecule has 0 bridgehead atoms. The van der Waals surface area contributed by atoms with Gasteiger partial charge < -0.3 is 14.0 Å². The van der Waals surface area contributed by atoms with Gasteiger partial charge in [0.15, 0.2) is 6.04 Å². The predicted molar refractivity (Wildman–Crippen MR) is 150 cm³/mol. The molecule has 0 N–H and O–H groups in total. The second kappa shape index (κ2) is 17.2. The van der Waals surface area contributed by atoms with Crippen molar-refractivity contribution < 1.29 is 18.8 Å². The zero-order valence-corrected chi connectivity index (χ0v) is 23.3. The summed E-state index contributed by atoms with van der Waals surface area (Å²) < 4.78 is 12.3. The van der Waals surface area contributed by atoms with E-state index in [-0.39, 0.29) is 12.0 Å². The number of likely N-dealkylation sites (N-methyl/N-ethyl adjacent to an activating group) is 1. The molecule has 0 radical (unpaired) electrons. The molecule has 4 heteroatoms. The lowest BCUT2D eigenvalue weighted by atomic mass is 10.0. The Hall–Kier alpha value is -2.33. The van der Waals surface area contributed by atoms with Crippen LogP contribution in [0.25, 0.3) is 0 Å². The van der Waals surface area contributed by atoms with Crippen LogP contribution in [0.1, 0.15) is 89.2 Å². The second-order valence-electron chi connectivity index (χ2n) is 10.6. The Morgan fingerprint density at radius 2 is 1.47 bits per heavy atom. The number of hydrogen-bond donors (Lipinski definition) is 0. The van der Waals surface area contributed by atoms with Crippen molar-refractivity contribution >= 4 is 5.97 Å². The Morgan fingerprint density at radius 1 is 0.778 bits per heavy atom. The lowest BCUT2D eigenvalue weighted by Gasteiger charge is -2.36. The summed E-state index contributed by atoms with van der Waals surface area (Å²) in [6.07, 6.45) is 12.5. The third kappa shape index (κ3) is 11.6. The fourth-order valence-corrected chi connectivity index (χ4v) is 4.75. The molecule has 0 fully saturated rings. The maximum Gasteiger partial charge on any atom is 0.364 e. The number of quaternary nitrogens is 1. The summed E-state index contributed by atoms with van der Waals surface area (Å²) in [5.74, 6) is 0.861. The molecule has 0 saturated heterocycles. The second-order valence-corrected chi connectivity index (χ2v) is 10.6. The van der Waals surface area contributed by atoms with Gasteiger partial charge in [-0.15, -0.1) is 0 Å². The molecule has 2 aromatic rings. The molecule has 0 saturated carbocycles. The van der Waals surface area contributed by atoms with E-state index in [2.05, 4.69) is 70.4 Å². The van der Waals surface area contributed by atoms with Crippen LogP contribution in [0.4, 0.5) is 0 Å². The van der Waals surface area contributed by atoms with Gasteiger partial charge in [0, 0.05) is 12.0 Å². The van der Waals surface area contributed by atoms with Crippen LogP contribution in [0.15, 0.2) is 54.6 Å². The van der Waals surface area contributed by atoms with Crippen molar-refractivity contribution in [2.75, 3.05) is 27.3 Å². The first kappa shape index (κ1) is 29.9. The summed E-state index contributed by atoms with van der Waals surface area (Å²) in [6, 6.07) is 18.7. The van der Waals surface area contributed by atoms with Gasteiger partial charge in [-0.25, -0.2) is 4.79 Å². The van der Waals surface area contributed by atoms with Crippen LogP contribution >= 0.6 is 0 Å². The zero-order chi connectivity index (χ0) is 26.1. The van der Waals surface area contributed by atoms with Crippen molar-refractivity contribution in [3.05, 3.63) is 65.7 Å². The van der Waals surface area contributed by atoms with Crippen LogP contribution in [-0.4, -0.2) is 43.8 Å². The minimum absolute atomic E-state index is 0.0823. The molecule has 0 heterocycles. The molecule has 2 rings (SSSR count). The van der Waals surface area contributed by atoms with E-state index in [0.29, 0.717) is 17.7 Å². The number of aryl methyl sites for hydroxylation is 1. The van der Waals surface area contributed by atoms with E-state index in [4.69, 9.17) is 9.47 Å². The van der Waals surface area contributed by atoms with Crippen LogP contribution in [-0.2, 0) is 22.5 Å². The zero-order valence-electron chi connectivity index (χ0n) is 23.3. The Balaban J connectivity index is 1.67. The van der Waals surface area contributed by atoms with Gasteiger partial charge in [-0.2, -0.15) is 0 Å². The number of benzene rings is 2. The first-order valence-electron chi connectivity index (χ1n) is 14.2. The Bertz CT molecular complexity index is 849. The highest BCUT2D eigenvalue weighted by molar-refractivity contribution is 5.74. The van der Waals surface area contributed by atoms with Crippen LogP contribution in [0.3, 0.4) is 0 Å². The van der Waals surface area contributed by atoms with Crippen molar-refractivity contribution in [2.45, 2.75) is 97.1 Å². The Kier molecular flexibility index (Phi) is 14.3. The first-order chi connectivity index (χ1) is 17.5. The number of carbonyl (C=O) groups is 1. The molecular formula is C32H50NO3+. The van der Waals surface area contributed by atoms with Crippen LogP contribution < -0.4 is 4.74 Å². The summed E-state index contributed by atoms with van der Waals surface area (Å²) in [5, 5.41) is 0. The highest BCUT2D eigenvalue weighted by atomic mass is 16.5. The van der Waals surface area contributed by atoms with Crippen molar-refractivity contribution in [2.24, 2.45) is 0 Å². The van der Waals surface area contributed by atoms with E-state index in [1.54, 1.807) is 0 Å². The Morgan fingerprint density at radius 3 is 2.22 bits per heavy atom. The molecule has 200 valence electrons. The fourth-order valence-electron chi connectivity index (χ4n) is 4.75. The topological polar surface area (TPSA) is 35.5 Å². The smallest absolute Gasteiger partial charge is 0.364 e. The van der Waals surface area contributed by atoms with Crippen LogP contribution in [0.5, 0.6) is 5.75 Å². The van der Waals surface area contributed by atoms with Gasteiger partial charge in [0.05, 0.1) is 27.3 Å². The summed E-state index contributed by atoms with van der Waals surface area (Å²) in [7, 11) is 4.26. The number of unbranched alkanes of at least 4 members (excludes halogenated alkanes) is 6. The van der Waals surface area contributed by atoms with E-state index < -0.39 is 0 Å². The van der Waals surface area contributed by atoms with Gasteiger partial charge in [-0.3, -0.25) is 0 Å².